The third-order valence-corrected chi connectivity index (χ3v) is 9.33. The molecule has 1 fully saturated rings. The molecule has 0 radical (unpaired) electrons. The third kappa shape index (κ3) is 4.83. The van der Waals surface area contributed by atoms with E-state index in [0.717, 1.165) is 12.8 Å². The van der Waals surface area contributed by atoms with Crippen molar-refractivity contribution >= 4 is 8.32 Å². The van der Waals surface area contributed by atoms with Gasteiger partial charge in [0.05, 0.1) is 24.9 Å². The first-order valence-electron chi connectivity index (χ1n) is 8.15. The van der Waals surface area contributed by atoms with Crippen LogP contribution in [0.2, 0.25) is 18.1 Å². The van der Waals surface area contributed by atoms with E-state index < -0.39 is 8.32 Å². The van der Waals surface area contributed by atoms with Gasteiger partial charge in [-0.05, 0) is 24.6 Å². The Morgan fingerprint density at radius 2 is 1.90 bits per heavy atom. The van der Waals surface area contributed by atoms with Crippen LogP contribution in [-0.2, 0) is 9.16 Å². The van der Waals surface area contributed by atoms with Crippen molar-refractivity contribution in [3.63, 3.8) is 0 Å². The van der Waals surface area contributed by atoms with Crippen molar-refractivity contribution in [2.75, 3.05) is 6.61 Å². The lowest BCUT2D eigenvalue weighted by molar-refractivity contribution is -0.0120. The summed E-state index contributed by atoms with van der Waals surface area (Å²) in [6.07, 6.45) is 5.88. The Morgan fingerprint density at radius 3 is 2.40 bits per heavy atom. The zero-order valence-electron chi connectivity index (χ0n) is 14.2. The molecular formula is C16H34O3Si. The predicted molar refractivity (Wildman–Crippen MR) is 86.6 cm³/mol. The summed E-state index contributed by atoms with van der Waals surface area (Å²) in [5.41, 5.74) is 0. The fourth-order valence-corrected chi connectivity index (χ4v) is 3.81. The van der Waals surface area contributed by atoms with Crippen LogP contribution >= 0.6 is 0 Å². The molecule has 120 valence electrons. The van der Waals surface area contributed by atoms with Gasteiger partial charge in [0.2, 0.25) is 0 Å². The molecule has 3 nitrogen and oxygen atoms in total. The molecule has 20 heavy (non-hydrogen) atoms. The number of hydrogen-bond donors (Lipinski definition) is 1. The van der Waals surface area contributed by atoms with E-state index in [-0.39, 0.29) is 30.0 Å². The summed E-state index contributed by atoms with van der Waals surface area (Å²) in [4.78, 5) is 0. The maximum Gasteiger partial charge on any atom is 0.192 e. The number of aliphatic hydroxyl groups is 1. The van der Waals surface area contributed by atoms with Crippen LogP contribution in [0.1, 0.15) is 59.8 Å². The average molecular weight is 303 g/mol. The molecule has 1 N–H and O–H groups in total. The Bertz CT molecular complexity index is 286. The summed E-state index contributed by atoms with van der Waals surface area (Å²) >= 11 is 0. The number of aliphatic hydroxyl groups excluding tert-OH is 1. The second-order valence-corrected chi connectivity index (χ2v) is 12.4. The smallest absolute Gasteiger partial charge is 0.192 e. The van der Waals surface area contributed by atoms with Gasteiger partial charge in [0.25, 0.3) is 0 Å². The highest BCUT2D eigenvalue weighted by molar-refractivity contribution is 6.74. The quantitative estimate of drug-likeness (QED) is 0.568. The van der Waals surface area contributed by atoms with Crippen molar-refractivity contribution in [1.29, 1.82) is 0 Å². The van der Waals surface area contributed by atoms with Gasteiger partial charge >= 0.3 is 0 Å². The van der Waals surface area contributed by atoms with Crippen molar-refractivity contribution < 1.29 is 14.3 Å². The summed E-state index contributed by atoms with van der Waals surface area (Å²) < 4.78 is 12.5. The largest absolute Gasteiger partial charge is 0.411 e. The van der Waals surface area contributed by atoms with Crippen LogP contribution in [0.5, 0.6) is 0 Å². The number of hydrogen-bond acceptors (Lipinski definition) is 3. The molecule has 1 aliphatic rings. The SMILES string of the molecule is CCCCC[C@@H]1O[C@@H](CO)C[C@@H]1O[Si](C)(C)C(C)(C)C. The lowest BCUT2D eigenvalue weighted by atomic mass is 10.1. The van der Waals surface area contributed by atoms with E-state index in [2.05, 4.69) is 40.8 Å². The minimum absolute atomic E-state index is 0.0311. The van der Waals surface area contributed by atoms with Crippen molar-refractivity contribution in [3.8, 4) is 0 Å². The van der Waals surface area contributed by atoms with Gasteiger partial charge in [-0.15, -0.1) is 0 Å². The van der Waals surface area contributed by atoms with E-state index >= 15 is 0 Å². The first-order valence-corrected chi connectivity index (χ1v) is 11.1. The predicted octanol–water partition coefficient (Wildman–Crippen LogP) is 4.11. The standard InChI is InChI=1S/C16H34O3Si/c1-7-8-9-10-14-15(11-13(12-17)18-14)19-20(5,6)16(2,3)4/h13-15,17H,7-12H2,1-6H3/t13-,14+,15+/m1/s1. The van der Waals surface area contributed by atoms with Gasteiger partial charge in [0, 0.05) is 6.42 Å². The molecule has 0 bridgehead atoms. The van der Waals surface area contributed by atoms with Crippen molar-refractivity contribution in [2.45, 2.75) is 96.2 Å². The molecule has 0 spiro atoms. The Balaban J connectivity index is 2.64. The van der Waals surface area contributed by atoms with Gasteiger partial charge in [-0.25, -0.2) is 0 Å². The van der Waals surface area contributed by atoms with Gasteiger partial charge in [0.15, 0.2) is 8.32 Å². The van der Waals surface area contributed by atoms with E-state index in [4.69, 9.17) is 9.16 Å². The Morgan fingerprint density at radius 1 is 1.25 bits per heavy atom. The molecule has 0 aromatic carbocycles. The highest BCUT2D eigenvalue weighted by Gasteiger charge is 2.44. The fourth-order valence-electron chi connectivity index (χ4n) is 2.45. The third-order valence-electron chi connectivity index (χ3n) is 4.83. The molecule has 0 unspecified atom stereocenters. The first kappa shape index (κ1) is 18.1. The van der Waals surface area contributed by atoms with Gasteiger partial charge in [-0.1, -0.05) is 47.0 Å². The highest BCUT2D eigenvalue weighted by atomic mass is 28.4. The first-order chi connectivity index (χ1) is 9.21. The molecule has 0 aromatic rings. The molecule has 0 aliphatic carbocycles. The van der Waals surface area contributed by atoms with Crippen molar-refractivity contribution in [1.82, 2.24) is 0 Å². The monoisotopic (exact) mass is 302 g/mol. The lowest BCUT2D eigenvalue weighted by Crippen LogP contribution is -2.45. The minimum Gasteiger partial charge on any atom is -0.411 e. The molecule has 1 rings (SSSR count). The summed E-state index contributed by atoms with van der Waals surface area (Å²) in [5, 5.41) is 9.58. The highest BCUT2D eigenvalue weighted by Crippen LogP contribution is 2.40. The Kier molecular flexibility index (Phi) is 6.70. The van der Waals surface area contributed by atoms with Gasteiger partial charge in [-0.3, -0.25) is 0 Å². The maximum absolute atomic E-state index is 9.36. The minimum atomic E-state index is -1.76. The van der Waals surface area contributed by atoms with Gasteiger partial charge in [-0.2, -0.15) is 0 Å². The number of unbranched alkanes of at least 4 members (excludes halogenated alkanes) is 2. The van der Waals surface area contributed by atoms with Gasteiger partial charge in [0.1, 0.15) is 0 Å². The van der Waals surface area contributed by atoms with Crippen LogP contribution in [0.3, 0.4) is 0 Å². The van der Waals surface area contributed by atoms with E-state index in [0.29, 0.717) is 0 Å². The zero-order valence-corrected chi connectivity index (χ0v) is 15.2. The summed E-state index contributed by atoms with van der Waals surface area (Å²) in [7, 11) is -1.76. The van der Waals surface area contributed by atoms with E-state index in [9.17, 15) is 5.11 Å². The van der Waals surface area contributed by atoms with Crippen LogP contribution in [0.4, 0.5) is 0 Å². The van der Waals surface area contributed by atoms with E-state index in [1.165, 1.54) is 19.3 Å². The fraction of sp³-hybridized carbons (Fsp3) is 1.00. The van der Waals surface area contributed by atoms with Crippen molar-refractivity contribution in [2.24, 2.45) is 0 Å². The lowest BCUT2D eigenvalue weighted by Gasteiger charge is -2.39. The molecule has 1 aliphatic heterocycles. The molecular weight excluding hydrogens is 268 g/mol. The van der Waals surface area contributed by atoms with Crippen LogP contribution in [0.25, 0.3) is 0 Å². The Hall–Kier alpha value is 0.0969. The topological polar surface area (TPSA) is 38.7 Å². The summed E-state index contributed by atoms with van der Waals surface area (Å²) in [5.74, 6) is 0. The summed E-state index contributed by atoms with van der Waals surface area (Å²) in [6, 6.07) is 0. The van der Waals surface area contributed by atoms with Crippen LogP contribution in [-0.4, -0.2) is 38.3 Å². The molecule has 1 heterocycles. The van der Waals surface area contributed by atoms with Crippen LogP contribution in [0, 0.1) is 0 Å². The van der Waals surface area contributed by atoms with Crippen molar-refractivity contribution in [3.05, 3.63) is 0 Å². The van der Waals surface area contributed by atoms with Gasteiger partial charge < -0.3 is 14.3 Å². The van der Waals surface area contributed by atoms with E-state index in [1.807, 2.05) is 0 Å². The molecule has 3 atom stereocenters. The normalized spacial score (nSPS) is 28.1. The van der Waals surface area contributed by atoms with Crippen LogP contribution in [0.15, 0.2) is 0 Å². The maximum atomic E-state index is 9.36. The summed E-state index contributed by atoms with van der Waals surface area (Å²) in [6.45, 7) is 13.7. The second kappa shape index (κ2) is 7.39. The van der Waals surface area contributed by atoms with E-state index in [1.54, 1.807) is 0 Å². The number of rotatable bonds is 7. The van der Waals surface area contributed by atoms with Crippen LogP contribution < -0.4 is 0 Å². The molecule has 0 amide bonds. The molecule has 4 heteroatoms. The second-order valence-electron chi connectivity index (χ2n) is 7.63. The molecule has 0 saturated carbocycles. The molecule has 0 aromatic heterocycles. The zero-order chi connectivity index (χ0) is 15.4. The Labute approximate surface area is 126 Å². The molecule has 1 saturated heterocycles. The number of ether oxygens (including phenoxy) is 1. The average Bonchev–Trinajstić information content (AvgIpc) is 2.70.